The Bertz CT molecular complexity index is 616. The molecule has 21 heavy (non-hydrogen) atoms. The van der Waals surface area contributed by atoms with Crippen LogP contribution in [-0.4, -0.2) is 53.5 Å². The van der Waals surface area contributed by atoms with Crippen molar-refractivity contribution in [1.29, 1.82) is 0 Å². The maximum atomic E-state index is 12.1. The van der Waals surface area contributed by atoms with E-state index in [-0.39, 0.29) is 42.0 Å². The molecule has 0 aromatic carbocycles. The molecule has 11 heteroatoms. The van der Waals surface area contributed by atoms with E-state index in [4.69, 9.17) is 5.73 Å². The van der Waals surface area contributed by atoms with Gasteiger partial charge in [-0.3, -0.25) is 4.79 Å². The number of urea groups is 1. The number of nitrogens with two attached hydrogens (primary N) is 1. The third-order valence-corrected chi connectivity index (χ3v) is 3.96. The molecule has 2 fully saturated rings. The second-order valence-corrected chi connectivity index (χ2v) is 6.02. The molecule has 1 saturated carbocycles. The normalized spacial score (nSPS) is 28.2. The van der Waals surface area contributed by atoms with Gasteiger partial charge in [0.1, 0.15) is 6.04 Å². The van der Waals surface area contributed by atoms with Gasteiger partial charge < -0.3 is 15.2 Å². The van der Waals surface area contributed by atoms with Crippen LogP contribution in [0, 0.1) is 5.92 Å². The summed E-state index contributed by atoms with van der Waals surface area (Å²) in [6.07, 6.45) is 3.40. The number of primary amides is 1. The maximum absolute atomic E-state index is 12.1. The van der Waals surface area contributed by atoms with Crippen LogP contribution in [0.25, 0.3) is 0 Å². The summed E-state index contributed by atoms with van der Waals surface area (Å²) in [6.45, 7) is 0.0676. The first-order valence-corrected chi connectivity index (χ1v) is 7.37. The van der Waals surface area contributed by atoms with Gasteiger partial charge in [-0.05, 0) is 24.3 Å². The Kier molecular flexibility index (Phi) is 4.40. The molecule has 0 radical (unpaired) electrons. The average Bonchev–Trinajstić information content (AvgIpc) is 3.13. The van der Waals surface area contributed by atoms with Crippen LogP contribution >= 0.6 is 0 Å². The molecule has 110 valence electrons. The van der Waals surface area contributed by atoms with Crippen molar-refractivity contribution in [2.75, 3.05) is 6.54 Å². The predicted molar refractivity (Wildman–Crippen MR) is 62.3 cm³/mol. The van der Waals surface area contributed by atoms with Crippen LogP contribution in [0.4, 0.5) is 4.79 Å². The van der Waals surface area contributed by atoms with Gasteiger partial charge in [-0.15, -0.1) is 0 Å². The number of rotatable bonds is 4. The molecule has 0 spiro atoms. The summed E-state index contributed by atoms with van der Waals surface area (Å²) in [5, 5.41) is 0.494. The fraction of sp³-hybridized carbons (Fsp3) is 0.600. The molecule has 3 rings (SSSR count). The molecule has 9 nitrogen and oxygen atoms in total. The predicted octanol–water partition coefficient (Wildman–Crippen LogP) is -4.31. The zero-order valence-corrected chi connectivity index (χ0v) is 14.1. The summed E-state index contributed by atoms with van der Waals surface area (Å²) in [5.41, 5.74) is 6.03. The van der Waals surface area contributed by atoms with Gasteiger partial charge in [0.25, 0.3) is 0 Å². The van der Waals surface area contributed by atoms with Gasteiger partial charge in [0.05, 0.1) is 12.6 Å². The first kappa shape index (κ1) is 16.7. The summed E-state index contributed by atoms with van der Waals surface area (Å²) in [5.74, 6) is -0.504. The van der Waals surface area contributed by atoms with Crippen molar-refractivity contribution >= 4 is 22.3 Å². The molecular weight excluding hydrogens is 313 g/mol. The number of fused-ring (bicyclic) bond motifs is 2. The minimum absolute atomic E-state index is 0. The van der Waals surface area contributed by atoms with E-state index in [0.717, 1.165) is 17.7 Å². The van der Waals surface area contributed by atoms with Gasteiger partial charge in [0.2, 0.25) is 16.3 Å². The van der Waals surface area contributed by atoms with Gasteiger partial charge in [-0.1, -0.05) is 6.08 Å². The molecule has 1 aliphatic carbocycles. The molecule has 3 aliphatic rings. The van der Waals surface area contributed by atoms with Crippen molar-refractivity contribution in [3.05, 3.63) is 11.6 Å². The number of nitrogens with zero attached hydrogens (tertiary/aromatic N) is 2. The van der Waals surface area contributed by atoms with Crippen LogP contribution in [0.1, 0.15) is 12.8 Å². The molecule has 0 aromatic rings. The molecule has 2 bridgehead atoms. The smallest absolute Gasteiger partial charge is 0.724 e. The van der Waals surface area contributed by atoms with Crippen molar-refractivity contribution in [2.24, 2.45) is 11.7 Å². The molecule has 0 aromatic heterocycles. The number of hydroxylamine groups is 2. The van der Waals surface area contributed by atoms with E-state index in [1.165, 1.54) is 0 Å². The molecule has 3 amide bonds. The molecule has 2 aliphatic heterocycles. The molecule has 2 atom stereocenters. The Hall–Kier alpha value is -0.650. The number of amides is 3. The van der Waals surface area contributed by atoms with Gasteiger partial charge in [-0.2, -0.15) is 9.35 Å². The van der Waals surface area contributed by atoms with E-state index in [9.17, 15) is 22.6 Å². The van der Waals surface area contributed by atoms with E-state index in [1.54, 1.807) is 6.08 Å². The maximum Gasteiger partial charge on any atom is 1.00 e. The van der Waals surface area contributed by atoms with Crippen LogP contribution in [0.5, 0.6) is 0 Å². The molecule has 0 unspecified atom stereocenters. The minimum atomic E-state index is -5.06. The molecule has 2 heterocycles. The number of carbonyl (C=O) groups excluding carboxylic acids is 2. The average molecular weight is 325 g/mol. The van der Waals surface area contributed by atoms with Crippen LogP contribution in [0.2, 0.25) is 0 Å². The topological polar surface area (TPSA) is 133 Å². The van der Waals surface area contributed by atoms with Crippen LogP contribution in [0.15, 0.2) is 11.6 Å². The van der Waals surface area contributed by atoms with E-state index in [2.05, 4.69) is 4.28 Å². The van der Waals surface area contributed by atoms with Crippen LogP contribution in [0.3, 0.4) is 0 Å². The number of hydrogen-bond acceptors (Lipinski definition) is 6. The summed E-state index contributed by atoms with van der Waals surface area (Å²) < 4.78 is 36.1. The Balaban J connectivity index is 0.00000161. The zero-order valence-electron chi connectivity index (χ0n) is 11.3. The Morgan fingerprint density at radius 1 is 1.43 bits per heavy atom. The molecule has 2 N–H and O–H groups in total. The summed E-state index contributed by atoms with van der Waals surface area (Å²) >= 11 is 0. The van der Waals surface area contributed by atoms with Crippen molar-refractivity contribution in [3.8, 4) is 0 Å². The minimum Gasteiger partial charge on any atom is -0.724 e. The largest absolute Gasteiger partial charge is 1.00 e. The van der Waals surface area contributed by atoms with Gasteiger partial charge in [0, 0.05) is 0 Å². The third kappa shape index (κ3) is 3.10. The SMILES string of the molecule is NC(=O)[C@@H]1C(C2CC2)=C[C@H]2CN1C(=O)N2OS(=O)(=O)[O-].[Na+]. The van der Waals surface area contributed by atoms with E-state index >= 15 is 0 Å². The fourth-order valence-electron chi connectivity index (χ4n) is 2.73. The van der Waals surface area contributed by atoms with Crippen molar-refractivity contribution in [2.45, 2.75) is 24.9 Å². The summed E-state index contributed by atoms with van der Waals surface area (Å²) in [4.78, 5) is 24.8. The monoisotopic (exact) mass is 325 g/mol. The number of hydrogen-bond donors (Lipinski definition) is 1. The van der Waals surface area contributed by atoms with Gasteiger partial charge in [0.15, 0.2) is 0 Å². The molecular formula is C10H12N3NaO6S. The Labute approximate surface area is 143 Å². The second-order valence-electron chi connectivity index (χ2n) is 5.06. The van der Waals surface area contributed by atoms with Gasteiger partial charge in [-0.25, -0.2) is 13.2 Å². The van der Waals surface area contributed by atoms with Crippen LogP contribution < -0.4 is 35.3 Å². The first-order valence-electron chi connectivity index (χ1n) is 6.04. The third-order valence-electron chi connectivity index (χ3n) is 3.62. The summed E-state index contributed by atoms with van der Waals surface area (Å²) in [7, 11) is -5.06. The Morgan fingerprint density at radius 2 is 2.05 bits per heavy atom. The molecule has 1 saturated heterocycles. The van der Waals surface area contributed by atoms with Crippen LogP contribution in [-0.2, 0) is 19.5 Å². The summed E-state index contributed by atoms with van der Waals surface area (Å²) in [6, 6.07) is -2.43. The van der Waals surface area contributed by atoms with Crippen molar-refractivity contribution in [3.63, 3.8) is 0 Å². The van der Waals surface area contributed by atoms with Crippen molar-refractivity contribution < 1.29 is 56.4 Å². The zero-order chi connectivity index (χ0) is 14.7. The van der Waals surface area contributed by atoms with Gasteiger partial charge >= 0.3 is 35.6 Å². The first-order chi connectivity index (χ1) is 9.28. The Morgan fingerprint density at radius 3 is 2.52 bits per heavy atom. The van der Waals surface area contributed by atoms with E-state index in [0.29, 0.717) is 10.6 Å². The fourth-order valence-corrected chi connectivity index (χ4v) is 3.10. The van der Waals surface area contributed by atoms with E-state index in [1.807, 2.05) is 0 Å². The standard InChI is InChI=1S/C10H13N3O6S.Na/c11-9(14)8-7(5-1-2-5)3-6-4-12(8)10(15)13(6)19-20(16,17)18;/h3,5-6,8H,1-2,4H2,(H2,11,14)(H,16,17,18);/q;+1/p-1/t6-,8-;/m0./s1. The number of carbonyl (C=O) groups is 2. The van der Waals surface area contributed by atoms with Crippen molar-refractivity contribution in [1.82, 2.24) is 9.96 Å². The second kappa shape index (κ2) is 5.52. The van der Waals surface area contributed by atoms with E-state index < -0.39 is 34.4 Å². The quantitative estimate of drug-likeness (QED) is 0.241.